The molecule has 0 unspecified atom stereocenters. The standard InChI is InChI=1S/C26H29BrN6O4/c1-3-37-25(36)16-33(2)13-5-12-28-23(34)10-11-24(35)31-20-8-9-22-21(15-20)26(30-17-29-22)32-19-7-4-6-18(27)14-19/h4,6-11,14-15,17H,3,5,12-13,16H2,1-2H3,(H,28,34)(H,31,35)(H,29,30,32). The third-order valence-electron chi connectivity index (χ3n) is 5.10. The summed E-state index contributed by atoms with van der Waals surface area (Å²) in [6.45, 7) is 3.34. The second-order valence-corrected chi connectivity index (χ2v) is 9.02. The van der Waals surface area contributed by atoms with E-state index >= 15 is 0 Å². The highest BCUT2D eigenvalue weighted by molar-refractivity contribution is 9.10. The smallest absolute Gasteiger partial charge is 0.320 e. The molecule has 11 heteroatoms. The summed E-state index contributed by atoms with van der Waals surface area (Å²) in [5.74, 6) is -0.501. The molecule has 37 heavy (non-hydrogen) atoms. The van der Waals surface area contributed by atoms with Gasteiger partial charge in [-0.2, -0.15) is 0 Å². The van der Waals surface area contributed by atoms with Crippen LogP contribution in [-0.4, -0.2) is 65.9 Å². The maximum Gasteiger partial charge on any atom is 0.320 e. The van der Waals surface area contributed by atoms with Crippen molar-refractivity contribution in [2.75, 3.05) is 43.9 Å². The third-order valence-corrected chi connectivity index (χ3v) is 5.59. The Morgan fingerprint density at radius 3 is 2.65 bits per heavy atom. The molecular formula is C26H29BrN6O4. The van der Waals surface area contributed by atoms with Gasteiger partial charge in [0.15, 0.2) is 0 Å². The minimum Gasteiger partial charge on any atom is -0.465 e. The first-order valence-corrected chi connectivity index (χ1v) is 12.5. The van der Waals surface area contributed by atoms with Gasteiger partial charge < -0.3 is 20.7 Å². The maximum absolute atomic E-state index is 12.4. The minimum atomic E-state index is -0.443. The molecule has 0 aliphatic rings. The highest BCUT2D eigenvalue weighted by Crippen LogP contribution is 2.26. The Kier molecular flexibility index (Phi) is 10.5. The van der Waals surface area contributed by atoms with E-state index in [0.717, 1.165) is 15.5 Å². The Bertz CT molecular complexity index is 1280. The van der Waals surface area contributed by atoms with Crippen molar-refractivity contribution < 1.29 is 19.1 Å². The Balaban J connectivity index is 1.50. The van der Waals surface area contributed by atoms with E-state index in [4.69, 9.17) is 4.74 Å². The number of anilines is 3. The van der Waals surface area contributed by atoms with Crippen LogP contribution in [0.4, 0.5) is 17.2 Å². The molecule has 1 aromatic heterocycles. The van der Waals surface area contributed by atoms with Crippen LogP contribution in [0.5, 0.6) is 0 Å². The predicted octanol–water partition coefficient (Wildman–Crippen LogP) is 3.63. The molecule has 2 amide bonds. The van der Waals surface area contributed by atoms with Gasteiger partial charge in [0.2, 0.25) is 11.8 Å². The lowest BCUT2D eigenvalue weighted by atomic mass is 10.2. The summed E-state index contributed by atoms with van der Waals surface area (Å²) in [6, 6.07) is 13.0. The van der Waals surface area contributed by atoms with Crippen LogP contribution in [0, 0.1) is 0 Å². The van der Waals surface area contributed by atoms with Gasteiger partial charge in [-0.1, -0.05) is 22.0 Å². The number of halogens is 1. The number of esters is 1. The molecule has 0 aliphatic carbocycles. The molecule has 194 valence electrons. The van der Waals surface area contributed by atoms with Crippen LogP contribution >= 0.6 is 15.9 Å². The SMILES string of the molecule is CCOC(=O)CN(C)CCCNC(=O)C=CC(=O)Nc1ccc2ncnc(Nc3cccc(Br)c3)c2c1. The first kappa shape index (κ1) is 27.8. The van der Waals surface area contributed by atoms with Crippen LogP contribution in [0.25, 0.3) is 10.9 Å². The van der Waals surface area contributed by atoms with Crippen molar-refractivity contribution in [2.24, 2.45) is 0 Å². The molecule has 0 fully saturated rings. The molecule has 10 nitrogen and oxygen atoms in total. The summed E-state index contributed by atoms with van der Waals surface area (Å²) < 4.78 is 5.83. The highest BCUT2D eigenvalue weighted by Gasteiger charge is 2.09. The van der Waals surface area contributed by atoms with Gasteiger partial charge in [0.25, 0.3) is 0 Å². The molecule has 3 rings (SSSR count). The zero-order valence-corrected chi connectivity index (χ0v) is 22.2. The molecule has 0 atom stereocenters. The fraction of sp³-hybridized carbons (Fsp3) is 0.269. The lowest BCUT2D eigenvalue weighted by Gasteiger charge is -2.15. The predicted molar refractivity (Wildman–Crippen MR) is 146 cm³/mol. The maximum atomic E-state index is 12.4. The van der Waals surface area contributed by atoms with Gasteiger partial charge in [0.05, 0.1) is 18.7 Å². The van der Waals surface area contributed by atoms with Gasteiger partial charge in [-0.05, 0) is 56.8 Å². The zero-order chi connectivity index (χ0) is 26.6. The Morgan fingerprint density at radius 2 is 1.86 bits per heavy atom. The van der Waals surface area contributed by atoms with Gasteiger partial charge in [0, 0.05) is 46.5 Å². The van der Waals surface area contributed by atoms with E-state index in [0.29, 0.717) is 43.1 Å². The number of rotatable bonds is 12. The van der Waals surface area contributed by atoms with Gasteiger partial charge >= 0.3 is 5.97 Å². The van der Waals surface area contributed by atoms with Gasteiger partial charge in [-0.3, -0.25) is 19.3 Å². The van der Waals surface area contributed by atoms with Crippen molar-refractivity contribution in [1.29, 1.82) is 0 Å². The number of hydrogen-bond acceptors (Lipinski definition) is 8. The Morgan fingerprint density at radius 1 is 1.05 bits per heavy atom. The van der Waals surface area contributed by atoms with Gasteiger partial charge in [0.1, 0.15) is 12.1 Å². The number of nitrogens with zero attached hydrogens (tertiary/aromatic N) is 3. The Labute approximate surface area is 223 Å². The molecule has 3 N–H and O–H groups in total. The molecular weight excluding hydrogens is 540 g/mol. The molecule has 0 radical (unpaired) electrons. The van der Waals surface area contributed by atoms with E-state index in [1.165, 1.54) is 18.5 Å². The Hall–Kier alpha value is -3.83. The number of hydrogen-bond donors (Lipinski definition) is 3. The number of amides is 2. The van der Waals surface area contributed by atoms with Crippen molar-refractivity contribution in [3.63, 3.8) is 0 Å². The number of ether oxygens (including phenoxy) is 1. The van der Waals surface area contributed by atoms with Gasteiger partial charge in [-0.15, -0.1) is 0 Å². The van der Waals surface area contributed by atoms with Crippen molar-refractivity contribution in [2.45, 2.75) is 13.3 Å². The molecule has 2 aromatic carbocycles. The average Bonchev–Trinajstić information content (AvgIpc) is 2.86. The highest BCUT2D eigenvalue weighted by atomic mass is 79.9. The number of carbonyl (C=O) groups is 3. The minimum absolute atomic E-state index is 0.199. The first-order chi connectivity index (χ1) is 17.8. The number of nitrogens with one attached hydrogen (secondary N) is 3. The van der Waals surface area contributed by atoms with E-state index < -0.39 is 5.91 Å². The summed E-state index contributed by atoms with van der Waals surface area (Å²) in [6.07, 6.45) is 4.48. The van der Waals surface area contributed by atoms with E-state index in [9.17, 15) is 14.4 Å². The van der Waals surface area contributed by atoms with Crippen LogP contribution in [0.15, 0.2) is 65.4 Å². The van der Waals surface area contributed by atoms with Crippen molar-refractivity contribution in [3.05, 3.63) is 65.4 Å². The zero-order valence-electron chi connectivity index (χ0n) is 20.7. The molecule has 0 bridgehead atoms. The summed E-state index contributed by atoms with van der Waals surface area (Å²) >= 11 is 3.45. The van der Waals surface area contributed by atoms with Gasteiger partial charge in [-0.25, -0.2) is 9.97 Å². The number of likely N-dealkylation sites (N-methyl/N-ethyl adjacent to an activating group) is 1. The van der Waals surface area contributed by atoms with E-state index in [-0.39, 0.29) is 18.4 Å². The fourth-order valence-corrected chi connectivity index (χ4v) is 3.80. The molecule has 0 spiro atoms. The lowest BCUT2D eigenvalue weighted by molar-refractivity contribution is -0.144. The second kappa shape index (κ2) is 14.0. The monoisotopic (exact) mass is 568 g/mol. The number of aromatic nitrogens is 2. The van der Waals surface area contributed by atoms with Crippen molar-refractivity contribution in [3.8, 4) is 0 Å². The van der Waals surface area contributed by atoms with Crippen LogP contribution in [0.2, 0.25) is 0 Å². The molecule has 0 saturated carbocycles. The molecule has 3 aromatic rings. The summed E-state index contributed by atoms with van der Waals surface area (Å²) in [5, 5.41) is 9.47. The number of benzene rings is 2. The number of fused-ring (bicyclic) bond motifs is 1. The lowest BCUT2D eigenvalue weighted by Crippen LogP contribution is -2.31. The van der Waals surface area contributed by atoms with E-state index in [1.54, 1.807) is 25.1 Å². The largest absolute Gasteiger partial charge is 0.465 e. The average molecular weight is 569 g/mol. The summed E-state index contributed by atoms with van der Waals surface area (Å²) in [4.78, 5) is 46.3. The normalized spacial score (nSPS) is 11.0. The van der Waals surface area contributed by atoms with Crippen molar-refractivity contribution in [1.82, 2.24) is 20.2 Å². The molecule has 1 heterocycles. The van der Waals surface area contributed by atoms with Crippen LogP contribution in [0.1, 0.15) is 13.3 Å². The van der Waals surface area contributed by atoms with E-state index in [1.807, 2.05) is 36.2 Å². The van der Waals surface area contributed by atoms with Crippen LogP contribution in [-0.2, 0) is 19.1 Å². The fourth-order valence-electron chi connectivity index (χ4n) is 3.40. The quantitative estimate of drug-likeness (QED) is 0.172. The molecule has 0 saturated heterocycles. The first-order valence-electron chi connectivity index (χ1n) is 11.7. The van der Waals surface area contributed by atoms with Crippen LogP contribution in [0.3, 0.4) is 0 Å². The topological polar surface area (TPSA) is 126 Å². The van der Waals surface area contributed by atoms with E-state index in [2.05, 4.69) is 41.8 Å². The number of carbonyl (C=O) groups excluding carboxylic acids is 3. The van der Waals surface area contributed by atoms with Crippen LogP contribution < -0.4 is 16.0 Å². The van der Waals surface area contributed by atoms with Crippen molar-refractivity contribution >= 4 is 61.8 Å². The molecule has 0 aliphatic heterocycles. The third kappa shape index (κ3) is 9.28. The second-order valence-electron chi connectivity index (χ2n) is 8.10. The summed E-state index contributed by atoms with van der Waals surface area (Å²) in [7, 11) is 1.81. The summed E-state index contributed by atoms with van der Waals surface area (Å²) in [5.41, 5.74) is 2.11.